The molecule has 3 rings (SSSR count). The van der Waals surface area contributed by atoms with E-state index in [-0.39, 0.29) is 29.4 Å². The summed E-state index contributed by atoms with van der Waals surface area (Å²) in [6, 6.07) is 0.108. The first-order chi connectivity index (χ1) is 7.19. The van der Waals surface area contributed by atoms with E-state index in [9.17, 15) is 0 Å². The zero-order chi connectivity index (χ0) is 10.7. The molecule has 0 aromatic carbocycles. The lowest BCUT2D eigenvalue weighted by atomic mass is 9.89. The van der Waals surface area contributed by atoms with E-state index in [2.05, 4.69) is 0 Å². The minimum atomic E-state index is -0.361. The van der Waals surface area contributed by atoms with Crippen molar-refractivity contribution in [2.24, 2.45) is 0 Å². The Labute approximate surface area is 90.6 Å². The van der Waals surface area contributed by atoms with Crippen LogP contribution < -0.4 is 0 Å². The van der Waals surface area contributed by atoms with E-state index < -0.39 is 0 Å². The largest absolute Gasteiger partial charge is 0.381 e. The molecule has 2 saturated heterocycles. The van der Waals surface area contributed by atoms with E-state index in [0.29, 0.717) is 6.61 Å². The van der Waals surface area contributed by atoms with Crippen LogP contribution in [-0.2, 0) is 18.9 Å². The van der Waals surface area contributed by atoms with Crippen LogP contribution in [0.1, 0.15) is 12.8 Å². The van der Waals surface area contributed by atoms with Gasteiger partial charge in [0.1, 0.15) is 31.3 Å². The molecule has 4 nitrogen and oxygen atoms in total. The van der Waals surface area contributed by atoms with Gasteiger partial charge in [-0.3, -0.25) is 0 Å². The highest BCUT2D eigenvalue weighted by molar-refractivity contribution is 6.12. The molecule has 1 saturated carbocycles. The summed E-state index contributed by atoms with van der Waals surface area (Å²) in [5.41, 5.74) is -0.471. The predicted molar refractivity (Wildman–Crippen MR) is 55.7 cm³/mol. The maximum Gasteiger partial charge on any atom is 0.148 e. The first kappa shape index (κ1) is 10.1. The van der Waals surface area contributed by atoms with E-state index in [1.54, 1.807) is 14.2 Å². The van der Waals surface area contributed by atoms with Gasteiger partial charge in [-0.2, -0.15) is 0 Å². The summed E-state index contributed by atoms with van der Waals surface area (Å²) < 4.78 is 23.1. The molecule has 2 bridgehead atoms. The van der Waals surface area contributed by atoms with Gasteiger partial charge < -0.3 is 18.9 Å². The number of hydrogen-bond acceptors (Lipinski definition) is 4. The molecule has 4 atom stereocenters. The van der Waals surface area contributed by atoms with Crippen molar-refractivity contribution >= 4 is 7.85 Å². The third kappa shape index (κ3) is 1.02. The summed E-state index contributed by atoms with van der Waals surface area (Å²) in [5, 5.41) is 0. The van der Waals surface area contributed by atoms with Crippen LogP contribution in [0.3, 0.4) is 0 Å². The Morgan fingerprint density at radius 3 is 2.60 bits per heavy atom. The third-order valence-corrected chi connectivity index (χ3v) is 4.07. The van der Waals surface area contributed by atoms with Gasteiger partial charge in [0.05, 0.1) is 12.6 Å². The minimum Gasteiger partial charge on any atom is -0.381 e. The van der Waals surface area contributed by atoms with Gasteiger partial charge in [0.15, 0.2) is 0 Å². The van der Waals surface area contributed by atoms with Crippen LogP contribution >= 0.6 is 0 Å². The molecule has 0 aromatic rings. The Morgan fingerprint density at radius 2 is 2.07 bits per heavy atom. The normalized spacial score (nSPS) is 50.1. The molecule has 0 radical (unpaired) electrons. The highest BCUT2D eigenvalue weighted by Crippen LogP contribution is 2.62. The fourth-order valence-corrected chi connectivity index (χ4v) is 3.30. The first-order valence-corrected chi connectivity index (χ1v) is 5.56. The number of ether oxygens (including phenoxy) is 4. The molecule has 2 aliphatic heterocycles. The van der Waals surface area contributed by atoms with Gasteiger partial charge in [0.25, 0.3) is 0 Å². The van der Waals surface area contributed by atoms with E-state index >= 15 is 0 Å². The lowest BCUT2D eigenvalue weighted by molar-refractivity contribution is -0.197. The van der Waals surface area contributed by atoms with Crippen LogP contribution in [0, 0.1) is 0 Å². The summed E-state index contributed by atoms with van der Waals surface area (Å²) >= 11 is 0. The fraction of sp³-hybridized carbons (Fsp3) is 1.00. The molecule has 15 heavy (non-hydrogen) atoms. The van der Waals surface area contributed by atoms with Gasteiger partial charge in [-0.25, -0.2) is 0 Å². The monoisotopic (exact) mass is 212 g/mol. The number of fused-ring (bicyclic) bond motifs is 3. The molecular weight excluding hydrogens is 195 g/mol. The van der Waals surface area contributed by atoms with Crippen molar-refractivity contribution in [3.63, 3.8) is 0 Å². The topological polar surface area (TPSA) is 36.9 Å². The molecule has 0 amide bonds. The summed E-state index contributed by atoms with van der Waals surface area (Å²) in [4.78, 5) is 0. The highest BCUT2D eigenvalue weighted by atomic mass is 16.7. The predicted octanol–water partition coefficient (Wildman–Crippen LogP) is -0.693. The van der Waals surface area contributed by atoms with Crippen LogP contribution in [-0.4, -0.2) is 58.1 Å². The van der Waals surface area contributed by atoms with E-state index in [1.165, 1.54) is 0 Å². The smallest absolute Gasteiger partial charge is 0.148 e. The van der Waals surface area contributed by atoms with E-state index in [0.717, 1.165) is 12.8 Å². The quantitative estimate of drug-likeness (QED) is 0.580. The molecule has 0 aromatic heterocycles. The second-order valence-electron chi connectivity index (χ2n) is 4.88. The molecule has 0 N–H and O–H groups in total. The fourth-order valence-electron chi connectivity index (χ4n) is 3.30. The number of rotatable bonds is 3. The van der Waals surface area contributed by atoms with E-state index in [4.69, 9.17) is 18.9 Å². The third-order valence-electron chi connectivity index (χ3n) is 4.07. The minimum absolute atomic E-state index is 0.0231. The van der Waals surface area contributed by atoms with Crippen molar-refractivity contribution in [1.82, 2.24) is 0 Å². The lowest BCUT2D eigenvalue weighted by Crippen LogP contribution is -2.53. The van der Waals surface area contributed by atoms with Gasteiger partial charge in [-0.1, -0.05) is 0 Å². The Hall–Kier alpha value is -0.0951. The molecule has 1 spiro atoms. The van der Waals surface area contributed by atoms with Gasteiger partial charge >= 0.3 is 0 Å². The van der Waals surface area contributed by atoms with Crippen molar-refractivity contribution in [1.29, 1.82) is 0 Å². The van der Waals surface area contributed by atoms with Crippen LogP contribution in [0.15, 0.2) is 0 Å². The molecule has 84 valence electrons. The zero-order valence-electron chi connectivity index (χ0n) is 9.49. The first-order valence-electron chi connectivity index (χ1n) is 5.56. The average Bonchev–Trinajstić information content (AvgIpc) is 2.85. The summed E-state index contributed by atoms with van der Waals surface area (Å²) in [6.45, 7) is 0.562. The second kappa shape index (κ2) is 2.97. The molecule has 3 fully saturated rings. The Balaban J connectivity index is 1.97. The molecular formula is C10H17BO4. The Kier molecular flexibility index (Phi) is 2.00. The molecule has 3 unspecified atom stereocenters. The molecule has 2 heterocycles. The van der Waals surface area contributed by atoms with Crippen molar-refractivity contribution in [3.05, 3.63) is 0 Å². The van der Waals surface area contributed by atoms with Crippen LogP contribution in [0.25, 0.3) is 0 Å². The summed E-state index contributed by atoms with van der Waals surface area (Å²) in [7, 11) is 5.48. The van der Waals surface area contributed by atoms with Gasteiger partial charge in [-0.15, -0.1) is 0 Å². The van der Waals surface area contributed by atoms with Gasteiger partial charge in [-0.05, 0) is 12.8 Å². The standard InChI is InChI=1S/C10H17BO4/c1-12-5-10-7(13-2)6(8(11)15-10)14-9(10)3-4-9/h6-8H,3-5,11H2,1-2H3/t6?,7-,8?,10?/m1/s1. The van der Waals surface area contributed by atoms with Crippen LogP contribution in [0.4, 0.5) is 0 Å². The zero-order valence-corrected chi connectivity index (χ0v) is 9.49. The Bertz CT molecular complexity index is 281. The van der Waals surface area contributed by atoms with Crippen molar-refractivity contribution < 1.29 is 18.9 Å². The van der Waals surface area contributed by atoms with Gasteiger partial charge in [0, 0.05) is 14.2 Å². The number of hydrogen-bond donors (Lipinski definition) is 0. The van der Waals surface area contributed by atoms with Crippen molar-refractivity contribution in [2.75, 3.05) is 20.8 Å². The molecule has 1 aliphatic carbocycles. The maximum absolute atomic E-state index is 6.10. The van der Waals surface area contributed by atoms with Crippen LogP contribution in [0.5, 0.6) is 0 Å². The van der Waals surface area contributed by atoms with Crippen molar-refractivity contribution in [2.45, 2.75) is 42.3 Å². The maximum atomic E-state index is 6.10. The summed E-state index contributed by atoms with van der Waals surface area (Å²) in [5.74, 6) is 0. The van der Waals surface area contributed by atoms with Crippen LogP contribution in [0.2, 0.25) is 0 Å². The SMILES string of the molecule is BC1OC2(COC)[C@H](OC)C1OC21CC1. The van der Waals surface area contributed by atoms with E-state index in [1.807, 2.05) is 7.85 Å². The van der Waals surface area contributed by atoms with Crippen molar-refractivity contribution in [3.8, 4) is 0 Å². The van der Waals surface area contributed by atoms with Gasteiger partial charge in [0.2, 0.25) is 0 Å². The molecule has 5 heteroatoms. The average molecular weight is 212 g/mol. The lowest BCUT2D eigenvalue weighted by Gasteiger charge is -2.37. The number of methoxy groups -OCH3 is 2. The Morgan fingerprint density at radius 1 is 1.33 bits per heavy atom. The second-order valence-corrected chi connectivity index (χ2v) is 4.88. The summed E-state index contributed by atoms with van der Waals surface area (Å²) in [6.07, 6.45) is 2.24. The highest BCUT2D eigenvalue weighted by Gasteiger charge is 2.77. The molecule has 3 aliphatic rings.